The molecule has 0 aromatic heterocycles. The van der Waals surface area contributed by atoms with Crippen LogP contribution >= 0.6 is 0 Å². The van der Waals surface area contributed by atoms with E-state index in [1.807, 2.05) is 6.92 Å². The van der Waals surface area contributed by atoms with Crippen LogP contribution in [0, 0.1) is 23.2 Å². The van der Waals surface area contributed by atoms with Crippen LogP contribution in [0.2, 0.25) is 37.8 Å². The summed E-state index contributed by atoms with van der Waals surface area (Å²) in [6.07, 6.45) is 0.230. The molecule has 0 saturated heterocycles. The van der Waals surface area contributed by atoms with Crippen LogP contribution in [0.4, 0.5) is 0 Å². The molecule has 0 bridgehead atoms. The summed E-state index contributed by atoms with van der Waals surface area (Å²) in [5.41, 5.74) is -0.530. The summed E-state index contributed by atoms with van der Waals surface area (Å²) in [6.45, 7) is 19.3. The number of ketones is 1. The summed E-state index contributed by atoms with van der Waals surface area (Å²) < 4.78 is 16.9. The average Bonchev–Trinajstić information content (AvgIpc) is 3.09. The monoisotopic (exact) mass is 468 g/mol. The molecule has 0 aromatic carbocycles. The van der Waals surface area contributed by atoms with Crippen molar-refractivity contribution in [1.29, 1.82) is 0 Å². The normalized spacial score (nSPS) is 26.2. The summed E-state index contributed by atoms with van der Waals surface area (Å²) in [5.74, 6) is -2.01. The van der Waals surface area contributed by atoms with Crippen LogP contribution in [-0.4, -0.2) is 54.9 Å². The summed E-state index contributed by atoms with van der Waals surface area (Å²) in [7, 11) is -1.61. The van der Waals surface area contributed by atoms with Crippen molar-refractivity contribution in [3.8, 4) is 0 Å². The van der Waals surface area contributed by atoms with Gasteiger partial charge in [0.2, 0.25) is 0 Å². The zero-order valence-electron chi connectivity index (χ0n) is 21.1. The molecular formula is C23H40O6Si2. The highest BCUT2D eigenvalue weighted by atomic mass is 28.4. The Morgan fingerprint density at radius 3 is 1.90 bits per heavy atom. The Bertz CT molecular complexity index is 784. The molecule has 0 N–H and O–H groups in total. The second-order valence-electron chi connectivity index (χ2n) is 11.6. The number of carbonyl (C=O) groups is 3. The number of esters is 2. The van der Waals surface area contributed by atoms with E-state index in [4.69, 9.17) is 13.9 Å². The van der Waals surface area contributed by atoms with Crippen LogP contribution in [0.15, 0.2) is 10.8 Å². The number of methoxy groups -OCH3 is 2. The summed E-state index contributed by atoms with van der Waals surface area (Å²) >= 11 is 0. The molecular weight excluding hydrogens is 428 g/mol. The number of hydrogen-bond acceptors (Lipinski definition) is 6. The van der Waals surface area contributed by atoms with Crippen LogP contribution in [0.5, 0.6) is 0 Å². The molecule has 2 rings (SSSR count). The van der Waals surface area contributed by atoms with Gasteiger partial charge in [-0.2, -0.15) is 0 Å². The molecule has 8 heteroatoms. The zero-order valence-corrected chi connectivity index (χ0v) is 23.1. The van der Waals surface area contributed by atoms with Crippen molar-refractivity contribution in [3.63, 3.8) is 0 Å². The third-order valence-corrected chi connectivity index (χ3v) is 14.3. The number of hydrogen-bond donors (Lipinski definition) is 0. The Balaban J connectivity index is 2.73. The van der Waals surface area contributed by atoms with Gasteiger partial charge in [-0.05, 0) is 35.7 Å². The number of carbonyl (C=O) groups excluding carboxylic acids is 3. The fourth-order valence-electron chi connectivity index (χ4n) is 4.92. The van der Waals surface area contributed by atoms with E-state index in [0.717, 1.165) is 10.8 Å². The lowest BCUT2D eigenvalue weighted by Crippen LogP contribution is -2.49. The maximum atomic E-state index is 13.3. The van der Waals surface area contributed by atoms with Crippen molar-refractivity contribution in [1.82, 2.24) is 0 Å². The van der Waals surface area contributed by atoms with E-state index in [2.05, 4.69) is 53.5 Å². The molecule has 0 unspecified atom stereocenters. The molecule has 2 aliphatic carbocycles. The summed E-state index contributed by atoms with van der Waals surface area (Å²) in [4.78, 5) is 39.6. The predicted octanol–water partition coefficient (Wildman–Crippen LogP) is 4.37. The molecule has 0 heterocycles. The number of fused-ring (bicyclic) bond motifs is 1. The Labute approximate surface area is 189 Å². The van der Waals surface area contributed by atoms with Crippen molar-refractivity contribution >= 4 is 34.1 Å². The molecule has 0 aromatic rings. The Morgan fingerprint density at radius 1 is 1.03 bits per heavy atom. The first kappa shape index (κ1) is 26.0. The molecule has 3 atom stereocenters. The summed E-state index contributed by atoms with van der Waals surface area (Å²) in [6, 6.07) is 0. The van der Waals surface area contributed by atoms with Gasteiger partial charge in [0, 0.05) is 18.4 Å². The molecule has 1 saturated carbocycles. The van der Waals surface area contributed by atoms with Gasteiger partial charge in [0.1, 0.15) is 0 Å². The van der Waals surface area contributed by atoms with Crippen molar-refractivity contribution in [2.24, 2.45) is 23.2 Å². The highest BCUT2D eigenvalue weighted by Gasteiger charge is 2.66. The van der Waals surface area contributed by atoms with E-state index in [1.165, 1.54) is 14.2 Å². The van der Waals surface area contributed by atoms with Crippen LogP contribution in [0.1, 0.15) is 34.1 Å². The molecule has 0 amide bonds. The van der Waals surface area contributed by atoms with Crippen LogP contribution < -0.4 is 0 Å². The van der Waals surface area contributed by atoms with Gasteiger partial charge < -0.3 is 13.9 Å². The highest BCUT2D eigenvalue weighted by molar-refractivity contribution is 6.87. The van der Waals surface area contributed by atoms with Crippen molar-refractivity contribution in [2.45, 2.75) is 71.9 Å². The largest absolute Gasteiger partial charge is 0.468 e. The van der Waals surface area contributed by atoms with Gasteiger partial charge in [0.25, 0.3) is 0 Å². The molecule has 6 nitrogen and oxygen atoms in total. The van der Waals surface area contributed by atoms with Gasteiger partial charge >= 0.3 is 11.9 Å². The lowest BCUT2D eigenvalue weighted by Gasteiger charge is -2.39. The molecule has 0 aliphatic heterocycles. The number of ether oxygens (including phenoxy) is 2. The second kappa shape index (κ2) is 8.26. The minimum absolute atomic E-state index is 0.0288. The van der Waals surface area contributed by atoms with E-state index in [1.54, 1.807) is 0 Å². The van der Waals surface area contributed by atoms with Crippen LogP contribution in [0.25, 0.3) is 0 Å². The average molecular weight is 469 g/mol. The van der Waals surface area contributed by atoms with E-state index < -0.39 is 39.7 Å². The van der Waals surface area contributed by atoms with Crippen LogP contribution in [-0.2, 0) is 28.3 Å². The molecule has 31 heavy (non-hydrogen) atoms. The third-order valence-electron chi connectivity index (χ3n) is 7.73. The topological polar surface area (TPSA) is 78.9 Å². The van der Waals surface area contributed by atoms with Gasteiger partial charge in [0.05, 0.1) is 22.3 Å². The highest BCUT2D eigenvalue weighted by Crippen LogP contribution is 2.59. The molecule has 1 fully saturated rings. The number of rotatable bonds is 6. The maximum Gasteiger partial charge on any atom is 0.323 e. The van der Waals surface area contributed by atoms with Gasteiger partial charge in [-0.15, -0.1) is 0 Å². The fourth-order valence-corrected chi connectivity index (χ4v) is 8.13. The maximum absolute atomic E-state index is 13.3. The molecule has 0 radical (unpaired) electrons. The SMILES string of the molecule is COC(=O)C1(C(=O)OC)C[C@H]2C(=C([Si](C)(C)C)C(=O)[C@H]2C)[C@H]1CO[Si](C)(C)C(C)(C)C. The smallest absolute Gasteiger partial charge is 0.323 e. The van der Waals surface area contributed by atoms with Crippen LogP contribution in [0.3, 0.4) is 0 Å². The zero-order chi connectivity index (χ0) is 24.2. The van der Waals surface area contributed by atoms with Gasteiger partial charge in [0.15, 0.2) is 19.5 Å². The second-order valence-corrected chi connectivity index (χ2v) is 21.4. The lowest BCUT2D eigenvalue weighted by molar-refractivity contribution is -0.173. The van der Waals surface area contributed by atoms with E-state index in [-0.39, 0.29) is 35.7 Å². The van der Waals surface area contributed by atoms with E-state index in [0.29, 0.717) is 0 Å². The Hall–Kier alpha value is -1.26. The first-order valence-electron chi connectivity index (χ1n) is 11.1. The standard InChI is InChI=1S/C23H40O6Si2/c1-14-15-12-23(20(25)27-5,21(26)28-6)16(13-29-31(10,11)22(2,3)4)17(15)19(18(14)24)30(7,8)9/h14-16H,12-13H2,1-11H3/t14-,15+,16+/m0/s1. The quantitative estimate of drug-likeness (QED) is 0.327. The van der Waals surface area contributed by atoms with E-state index in [9.17, 15) is 14.4 Å². The Morgan fingerprint density at radius 2 is 1.52 bits per heavy atom. The molecule has 2 aliphatic rings. The van der Waals surface area contributed by atoms with Gasteiger partial charge in [-0.1, -0.05) is 52.9 Å². The first-order valence-corrected chi connectivity index (χ1v) is 17.5. The third kappa shape index (κ3) is 4.11. The van der Waals surface area contributed by atoms with Crippen molar-refractivity contribution < 1.29 is 28.3 Å². The Kier molecular flexibility index (Phi) is 6.93. The van der Waals surface area contributed by atoms with Gasteiger partial charge in [-0.25, -0.2) is 0 Å². The first-order chi connectivity index (χ1) is 14.0. The number of Topliss-reactive ketones (excluding diaryl/α,β-unsaturated/α-hetero) is 1. The van der Waals surface area contributed by atoms with Crippen molar-refractivity contribution in [3.05, 3.63) is 10.8 Å². The molecule has 176 valence electrons. The number of allylic oxidation sites excluding steroid dienone is 1. The summed E-state index contributed by atoms with van der Waals surface area (Å²) in [5, 5.41) is 0.836. The van der Waals surface area contributed by atoms with Gasteiger partial charge in [-0.3, -0.25) is 14.4 Å². The lowest BCUT2D eigenvalue weighted by atomic mass is 9.76. The minimum atomic E-state index is -2.17. The predicted molar refractivity (Wildman–Crippen MR) is 126 cm³/mol. The fraction of sp³-hybridized carbons (Fsp3) is 0.783. The molecule has 0 spiro atoms. The van der Waals surface area contributed by atoms with E-state index >= 15 is 0 Å². The minimum Gasteiger partial charge on any atom is -0.468 e. The van der Waals surface area contributed by atoms with Crippen molar-refractivity contribution in [2.75, 3.05) is 20.8 Å².